The van der Waals surface area contributed by atoms with Crippen LogP contribution in [0.2, 0.25) is 10.0 Å². The molecule has 3 aromatic rings. The molecule has 1 aromatic carbocycles. The number of hydrogen-bond donors (Lipinski definition) is 2. The fourth-order valence-electron chi connectivity index (χ4n) is 3.63. The standard InChI is InChI=1S/C22H22Cl2N4O3/c23-17-3-1-2-16(21(17)24)19(13-29)28-9-5-14(12-20(28)30)18-4-8-25-22(27-18)26-15-6-10-31-11-7-15/h1-5,8-9,12,15,19,29H,6-7,10-11,13H2,(H,25,26,27)/t19-/m1/s1. The molecule has 2 N–H and O–H groups in total. The van der Waals surface area contributed by atoms with Gasteiger partial charge >= 0.3 is 0 Å². The maximum atomic E-state index is 12.9. The lowest BCUT2D eigenvalue weighted by atomic mass is 10.1. The van der Waals surface area contributed by atoms with Crippen LogP contribution in [0.1, 0.15) is 24.4 Å². The molecule has 9 heteroatoms. The van der Waals surface area contributed by atoms with Crippen LogP contribution in [-0.4, -0.2) is 45.5 Å². The molecule has 0 aliphatic carbocycles. The summed E-state index contributed by atoms with van der Waals surface area (Å²) in [6.45, 7) is 1.14. The van der Waals surface area contributed by atoms with Crippen molar-refractivity contribution in [1.29, 1.82) is 0 Å². The third kappa shape index (κ3) is 4.91. The summed E-state index contributed by atoms with van der Waals surface area (Å²) in [5, 5.41) is 14.0. The van der Waals surface area contributed by atoms with Crippen molar-refractivity contribution in [2.75, 3.05) is 25.1 Å². The molecule has 162 valence electrons. The Bertz CT molecular complexity index is 1120. The molecule has 0 saturated carbocycles. The van der Waals surface area contributed by atoms with E-state index < -0.39 is 6.04 Å². The van der Waals surface area contributed by atoms with Crippen molar-refractivity contribution in [1.82, 2.24) is 14.5 Å². The Morgan fingerprint density at radius 3 is 2.77 bits per heavy atom. The van der Waals surface area contributed by atoms with Crippen LogP contribution in [0, 0.1) is 0 Å². The highest BCUT2D eigenvalue weighted by Gasteiger charge is 2.19. The number of aliphatic hydroxyl groups excluding tert-OH is 1. The molecule has 1 saturated heterocycles. The topological polar surface area (TPSA) is 89.3 Å². The fraction of sp³-hybridized carbons (Fsp3) is 0.318. The van der Waals surface area contributed by atoms with Gasteiger partial charge in [0, 0.05) is 43.3 Å². The van der Waals surface area contributed by atoms with Crippen LogP contribution < -0.4 is 10.9 Å². The Kier molecular flexibility index (Phi) is 6.87. The second-order valence-corrected chi connectivity index (χ2v) is 8.08. The molecule has 3 heterocycles. The van der Waals surface area contributed by atoms with Crippen molar-refractivity contribution in [3.8, 4) is 11.3 Å². The Morgan fingerprint density at radius 2 is 2.03 bits per heavy atom. The minimum absolute atomic E-state index is 0.268. The first-order valence-electron chi connectivity index (χ1n) is 10.0. The second-order valence-electron chi connectivity index (χ2n) is 7.30. The lowest BCUT2D eigenvalue weighted by Crippen LogP contribution is -2.28. The van der Waals surface area contributed by atoms with Crippen LogP contribution in [0.5, 0.6) is 0 Å². The third-order valence-electron chi connectivity index (χ3n) is 5.30. The van der Waals surface area contributed by atoms with E-state index in [1.165, 1.54) is 10.6 Å². The highest BCUT2D eigenvalue weighted by Crippen LogP contribution is 2.31. The quantitative estimate of drug-likeness (QED) is 0.581. The van der Waals surface area contributed by atoms with E-state index in [1.807, 2.05) is 0 Å². The number of aromatic nitrogens is 3. The number of anilines is 1. The molecule has 0 unspecified atom stereocenters. The summed E-state index contributed by atoms with van der Waals surface area (Å²) in [7, 11) is 0. The van der Waals surface area contributed by atoms with Gasteiger partial charge < -0.3 is 19.7 Å². The Morgan fingerprint density at radius 1 is 1.23 bits per heavy atom. The molecule has 4 rings (SSSR count). The van der Waals surface area contributed by atoms with Crippen molar-refractivity contribution in [3.05, 3.63) is 74.8 Å². The number of nitrogens with one attached hydrogen (secondary N) is 1. The molecule has 1 atom stereocenters. The summed E-state index contributed by atoms with van der Waals surface area (Å²) >= 11 is 12.4. The zero-order valence-corrected chi connectivity index (χ0v) is 18.2. The van der Waals surface area contributed by atoms with Gasteiger partial charge in [-0.05, 0) is 36.6 Å². The number of aliphatic hydroxyl groups is 1. The minimum Gasteiger partial charge on any atom is -0.394 e. The van der Waals surface area contributed by atoms with Crippen LogP contribution in [0.3, 0.4) is 0 Å². The molecule has 1 aliphatic heterocycles. The SMILES string of the molecule is O=c1cc(-c2ccnc(NC3CCOCC3)n2)ccn1[C@H](CO)c1cccc(Cl)c1Cl. The minimum atomic E-state index is -0.649. The van der Waals surface area contributed by atoms with Gasteiger partial charge in [0.25, 0.3) is 5.56 Å². The van der Waals surface area contributed by atoms with Crippen LogP contribution in [0.4, 0.5) is 5.95 Å². The van der Waals surface area contributed by atoms with Crippen LogP contribution in [-0.2, 0) is 4.74 Å². The first-order chi connectivity index (χ1) is 15.1. The molecule has 0 bridgehead atoms. The predicted octanol–water partition coefficient (Wildman–Crippen LogP) is 3.78. The van der Waals surface area contributed by atoms with Gasteiger partial charge in [0.2, 0.25) is 5.95 Å². The maximum absolute atomic E-state index is 12.9. The number of pyridine rings is 1. The number of benzene rings is 1. The van der Waals surface area contributed by atoms with Gasteiger partial charge in [-0.3, -0.25) is 4.79 Å². The number of halogens is 2. The van der Waals surface area contributed by atoms with Gasteiger partial charge in [-0.25, -0.2) is 9.97 Å². The number of ether oxygens (including phenoxy) is 1. The van der Waals surface area contributed by atoms with Gasteiger partial charge in [-0.1, -0.05) is 35.3 Å². The lowest BCUT2D eigenvalue weighted by Gasteiger charge is -2.23. The molecule has 7 nitrogen and oxygen atoms in total. The summed E-state index contributed by atoms with van der Waals surface area (Å²) in [5.41, 5.74) is 1.59. The van der Waals surface area contributed by atoms with Crippen LogP contribution in [0.15, 0.2) is 53.6 Å². The zero-order chi connectivity index (χ0) is 21.8. The summed E-state index contributed by atoms with van der Waals surface area (Å²) in [6.07, 6.45) is 5.09. The van der Waals surface area contributed by atoms with Crippen molar-refractivity contribution in [2.24, 2.45) is 0 Å². The molecular weight excluding hydrogens is 439 g/mol. The normalized spacial score (nSPS) is 15.6. The number of nitrogens with zero attached hydrogens (tertiary/aromatic N) is 3. The van der Waals surface area contributed by atoms with Gasteiger partial charge in [-0.15, -0.1) is 0 Å². The van der Waals surface area contributed by atoms with Crippen molar-refractivity contribution in [3.63, 3.8) is 0 Å². The lowest BCUT2D eigenvalue weighted by molar-refractivity contribution is 0.0903. The first kappa shape index (κ1) is 21.8. The van der Waals surface area contributed by atoms with Gasteiger partial charge in [0.1, 0.15) is 0 Å². The van der Waals surface area contributed by atoms with Crippen molar-refractivity contribution < 1.29 is 9.84 Å². The maximum Gasteiger partial charge on any atom is 0.251 e. The molecule has 1 fully saturated rings. The smallest absolute Gasteiger partial charge is 0.251 e. The summed E-state index contributed by atoms with van der Waals surface area (Å²) in [4.78, 5) is 21.7. The van der Waals surface area contributed by atoms with E-state index >= 15 is 0 Å². The molecule has 0 amide bonds. The third-order valence-corrected chi connectivity index (χ3v) is 6.14. The molecular formula is C22H22Cl2N4O3. The monoisotopic (exact) mass is 460 g/mol. The first-order valence-corrected chi connectivity index (χ1v) is 10.8. The highest BCUT2D eigenvalue weighted by molar-refractivity contribution is 6.42. The Labute approximate surface area is 189 Å². The summed E-state index contributed by atoms with van der Waals surface area (Å²) in [5.74, 6) is 0.521. The Balaban J connectivity index is 1.61. The van der Waals surface area contributed by atoms with Gasteiger partial charge in [0.05, 0.1) is 28.4 Å². The molecule has 0 spiro atoms. The van der Waals surface area contributed by atoms with E-state index in [2.05, 4.69) is 15.3 Å². The van der Waals surface area contributed by atoms with E-state index in [-0.39, 0.29) is 18.2 Å². The predicted molar refractivity (Wildman–Crippen MR) is 121 cm³/mol. The van der Waals surface area contributed by atoms with Crippen LogP contribution in [0.25, 0.3) is 11.3 Å². The molecule has 2 aromatic heterocycles. The summed E-state index contributed by atoms with van der Waals surface area (Å²) < 4.78 is 6.81. The van der Waals surface area contributed by atoms with Crippen molar-refractivity contribution >= 4 is 29.2 Å². The van der Waals surface area contributed by atoms with E-state index in [9.17, 15) is 9.90 Å². The fourth-order valence-corrected chi connectivity index (χ4v) is 4.07. The van der Waals surface area contributed by atoms with E-state index in [0.29, 0.717) is 32.8 Å². The number of hydrogen-bond acceptors (Lipinski definition) is 6. The van der Waals surface area contributed by atoms with Gasteiger partial charge in [0.15, 0.2) is 0 Å². The van der Waals surface area contributed by atoms with E-state index in [0.717, 1.165) is 26.1 Å². The molecule has 1 aliphatic rings. The van der Waals surface area contributed by atoms with E-state index in [1.54, 1.807) is 42.7 Å². The van der Waals surface area contributed by atoms with E-state index in [4.69, 9.17) is 27.9 Å². The van der Waals surface area contributed by atoms with Crippen LogP contribution >= 0.6 is 23.2 Å². The van der Waals surface area contributed by atoms with Gasteiger partial charge in [-0.2, -0.15) is 0 Å². The average Bonchev–Trinajstić information content (AvgIpc) is 2.79. The average molecular weight is 461 g/mol. The highest BCUT2D eigenvalue weighted by atomic mass is 35.5. The molecule has 31 heavy (non-hydrogen) atoms. The summed E-state index contributed by atoms with van der Waals surface area (Å²) in [6, 6.07) is 9.78. The number of rotatable bonds is 6. The second kappa shape index (κ2) is 9.78. The molecule has 0 radical (unpaired) electrons. The Hall–Kier alpha value is -2.45. The zero-order valence-electron chi connectivity index (χ0n) is 16.7. The van der Waals surface area contributed by atoms with Crippen molar-refractivity contribution in [2.45, 2.75) is 24.9 Å². The largest absolute Gasteiger partial charge is 0.394 e.